The van der Waals surface area contributed by atoms with Crippen LogP contribution in [0.5, 0.6) is 0 Å². The maximum absolute atomic E-state index is 13.4. The number of ether oxygens (including phenoxy) is 1. The van der Waals surface area contributed by atoms with Gasteiger partial charge in [0.05, 0.1) is 17.5 Å². The van der Waals surface area contributed by atoms with Crippen LogP contribution in [0.1, 0.15) is 36.8 Å². The molecule has 1 saturated heterocycles. The lowest BCUT2D eigenvalue weighted by molar-refractivity contribution is -0.125. The fourth-order valence-electron chi connectivity index (χ4n) is 4.45. The number of hydrogen-bond acceptors (Lipinski definition) is 7. The van der Waals surface area contributed by atoms with E-state index in [9.17, 15) is 14.4 Å². The monoisotopic (exact) mass is 519 g/mol. The van der Waals surface area contributed by atoms with Crippen molar-refractivity contribution in [2.75, 3.05) is 18.9 Å². The van der Waals surface area contributed by atoms with E-state index in [0.29, 0.717) is 36.2 Å². The summed E-state index contributed by atoms with van der Waals surface area (Å²) in [5, 5.41) is 6.22. The molecule has 5 rings (SSSR count). The predicted octanol–water partition coefficient (Wildman–Crippen LogP) is 2.77. The summed E-state index contributed by atoms with van der Waals surface area (Å²) >= 11 is 1.21. The number of fused-ring (bicyclic) bond motifs is 3. The molecule has 0 aromatic heterocycles. The van der Waals surface area contributed by atoms with Gasteiger partial charge in [-0.2, -0.15) is 0 Å². The van der Waals surface area contributed by atoms with Crippen LogP contribution in [0.25, 0.3) is 0 Å². The number of amidine groups is 2. The van der Waals surface area contributed by atoms with Crippen LogP contribution in [0.15, 0.2) is 64.6 Å². The van der Waals surface area contributed by atoms with Gasteiger partial charge in [0.1, 0.15) is 11.9 Å². The Kier molecular flexibility index (Phi) is 7.96. The Morgan fingerprint density at radius 2 is 1.86 bits per heavy atom. The molecule has 37 heavy (non-hydrogen) atoms. The second-order valence-electron chi connectivity index (χ2n) is 9.08. The molecule has 192 valence electrons. The zero-order valence-corrected chi connectivity index (χ0v) is 21.2. The average Bonchev–Trinajstić information content (AvgIpc) is 3.57. The number of rotatable bonds is 9. The summed E-state index contributed by atoms with van der Waals surface area (Å²) in [7, 11) is 0. The number of nitrogens with one attached hydrogen (secondary N) is 2. The molecule has 0 saturated carbocycles. The van der Waals surface area contributed by atoms with Crippen molar-refractivity contribution in [1.82, 2.24) is 15.5 Å². The molecule has 2 aromatic rings. The van der Waals surface area contributed by atoms with Crippen molar-refractivity contribution < 1.29 is 19.1 Å². The molecule has 9 nitrogen and oxygen atoms in total. The zero-order valence-electron chi connectivity index (χ0n) is 20.4. The van der Waals surface area contributed by atoms with Crippen molar-refractivity contribution in [2.24, 2.45) is 9.98 Å². The number of benzene rings is 2. The van der Waals surface area contributed by atoms with Crippen molar-refractivity contribution in [1.29, 1.82) is 0 Å². The average molecular weight is 520 g/mol. The second-order valence-corrected chi connectivity index (χ2v) is 10.0. The molecule has 3 aliphatic heterocycles. The molecule has 2 aromatic carbocycles. The fourth-order valence-corrected chi connectivity index (χ4v) is 5.28. The van der Waals surface area contributed by atoms with E-state index >= 15 is 0 Å². The van der Waals surface area contributed by atoms with Gasteiger partial charge in [0.25, 0.3) is 5.91 Å². The van der Waals surface area contributed by atoms with E-state index in [-0.39, 0.29) is 36.0 Å². The van der Waals surface area contributed by atoms with Crippen LogP contribution >= 0.6 is 11.8 Å². The third-order valence-corrected chi connectivity index (χ3v) is 7.35. The maximum atomic E-state index is 13.4. The number of nitrogens with zero attached hydrogens (tertiary/aromatic N) is 3. The SMILES string of the molecule is O=C(CCC1N=C2c3ccccc3N=C(SCC(=O)NCC3CCCO3)N2C1=O)NCc1ccccc1. The highest BCUT2D eigenvalue weighted by atomic mass is 32.2. The van der Waals surface area contributed by atoms with Gasteiger partial charge in [-0.25, -0.2) is 9.89 Å². The van der Waals surface area contributed by atoms with Crippen LogP contribution in [0.2, 0.25) is 0 Å². The minimum atomic E-state index is -0.678. The summed E-state index contributed by atoms with van der Waals surface area (Å²) in [6, 6.07) is 16.5. The number of carbonyl (C=O) groups excluding carboxylic acids is 3. The minimum absolute atomic E-state index is 0.0670. The molecule has 3 amide bonds. The quantitative estimate of drug-likeness (QED) is 0.529. The summed E-state index contributed by atoms with van der Waals surface area (Å²) < 4.78 is 5.55. The standard InChI is InChI=1S/C27H29N5O4S/c33-23(28-15-18-7-2-1-3-8-18)13-12-22-26(35)32-25(30-22)20-10-4-5-11-21(20)31-27(32)37-17-24(34)29-16-19-9-6-14-36-19/h1-5,7-8,10-11,19,22H,6,9,12-17H2,(H,28,33)(H,29,34). The van der Waals surface area contributed by atoms with Crippen LogP contribution in [-0.4, -0.2) is 64.7 Å². The molecule has 10 heteroatoms. The summed E-state index contributed by atoms with van der Waals surface area (Å²) in [5.74, 6) is 0.142. The normalized spacial score (nSPS) is 20.1. The van der Waals surface area contributed by atoms with Crippen molar-refractivity contribution in [3.63, 3.8) is 0 Å². The molecular formula is C27H29N5O4S. The largest absolute Gasteiger partial charge is 0.376 e. The van der Waals surface area contributed by atoms with E-state index in [0.717, 1.165) is 30.6 Å². The first-order valence-corrected chi connectivity index (χ1v) is 13.5. The first-order chi connectivity index (χ1) is 18.1. The van der Waals surface area contributed by atoms with E-state index in [2.05, 4.69) is 15.6 Å². The van der Waals surface area contributed by atoms with Gasteiger partial charge in [-0.1, -0.05) is 54.2 Å². The number of hydrogen-bond donors (Lipinski definition) is 2. The van der Waals surface area contributed by atoms with Gasteiger partial charge in [-0.05, 0) is 37.0 Å². The molecule has 0 spiro atoms. The zero-order chi connectivity index (χ0) is 25.6. The Morgan fingerprint density at radius 3 is 2.68 bits per heavy atom. The fraction of sp³-hybridized carbons (Fsp3) is 0.370. The Labute approximate surface area is 219 Å². The number of para-hydroxylation sites is 1. The third kappa shape index (κ3) is 6.08. The molecule has 0 radical (unpaired) electrons. The molecule has 3 aliphatic rings. The highest BCUT2D eigenvalue weighted by Crippen LogP contribution is 2.34. The van der Waals surface area contributed by atoms with Crippen molar-refractivity contribution >= 4 is 46.2 Å². The number of thioether (sulfide) groups is 1. The lowest BCUT2D eigenvalue weighted by Gasteiger charge is -2.25. The highest BCUT2D eigenvalue weighted by Gasteiger charge is 2.41. The van der Waals surface area contributed by atoms with Gasteiger partial charge in [0.15, 0.2) is 5.17 Å². The van der Waals surface area contributed by atoms with E-state index in [1.807, 2.05) is 54.6 Å². The predicted molar refractivity (Wildman–Crippen MR) is 143 cm³/mol. The Morgan fingerprint density at radius 1 is 1.05 bits per heavy atom. The minimum Gasteiger partial charge on any atom is -0.376 e. The molecule has 2 N–H and O–H groups in total. The summed E-state index contributed by atoms with van der Waals surface area (Å²) in [5.41, 5.74) is 2.48. The first-order valence-electron chi connectivity index (χ1n) is 12.5. The first kappa shape index (κ1) is 25.2. The lowest BCUT2D eigenvalue weighted by atomic mass is 10.1. The van der Waals surface area contributed by atoms with Crippen LogP contribution in [0.3, 0.4) is 0 Å². The van der Waals surface area contributed by atoms with E-state index in [1.165, 1.54) is 16.7 Å². The number of carbonyl (C=O) groups is 3. The van der Waals surface area contributed by atoms with E-state index in [1.54, 1.807) is 0 Å². The molecule has 3 heterocycles. The third-order valence-electron chi connectivity index (χ3n) is 6.41. The van der Waals surface area contributed by atoms with E-state index in [4.69, 9.17) is 9.73 Å². The van der Waals surface area contributed by atoms with Crippen LogP contribution in [0.4, 0.5) is 5.69 Å². The maximum Gasteiger partial charge on any atom is 0.259 e. The highest BCUT2D eigenvalue weighted by molar-refractivity contribution is 8.14. The van der Waals surface area contributed by atoms with Gasteiger partial charge in [0.2, 0.25) is 11.8 Å². The number of aliphatic imine (C=N–C) groups is 2. The van der Waals surface area contributed by atoms with Crippen molar-refractivity contribution in [3.8, 4) is 0 Å². The molecule has 1 fully saturated rings. The number of amides is 3. The topological polar surface area (TPSA) is 112 Å². The Balaban J connectivity index is 1.21. The van der Waals surface area contributed by atoms with Crippen molar-refractivity contribution in [2.45, 2.75) is 44.4 Å². The Hall–Kier alpha value is -3.50. The van der Waals surface area contributed by atoms with Gasteiger partial charge in [-0.3, -0.25) is 19.4 Å². The van der Waals surface area contributed by atoms with Gasteiger partial charge in [0, 0.05) is 31.7 Å². The van der Waals surface area contributed by atoms with Gasteiger partial charge >= 0.3 is 0 Å². The van der Waals surface area contributed by atoms with E-state index < -0.39 is 6.04 Å². The molecule has 0 aliphatic carbocycles. The summed E-state index contributed by atoms with van der Waals surface area (Å²) in [6.45, 7) is 1.66. The summed E-state index contributed by atoms with van der Waals surface area (Å²) in [6.07, 6.45) is 2.50. The van der Waals surface area contributed by atoms with Crippen molar-refractivity contribution in [3.05, 3.63) is 65.7 Å². The Bertz CT molecular complexity index is 1230. The second kappa shape index (κ2) is 11.7. The molecule has 0 bridgehead atoms. The summed E-state index contributed by atoms with van der Waals surface area (Å²) in [4.78, 5) is 49.1. The van der Waals surface area contributed by atoms with Gasteiger partial charge in [-0.15, -0.1) is 0 Å². The van der Waals surface area contributed by atoms with Crippen LogP contribution in [-0.2, 0) is 25.7 Å². The van der Waals surface area contributed by atoms with Gasteiger partial charge < -0.3 is 15.4 Å². The lowest BCUT2D eigenvalue weighted by Crippen LogP contribution is -2.42. The van der Waals surface area contributed by atoms with Crippen LogP contribution in [0, 0.1) is 0 Å². The molecule has 2 unspecified atom stereocenters. The van der Waals surface area contributed by atoms with Crippen LogP contribution < -0.4 is 10.6 Å². The molecule has 2 atom stereocenters. The molecular weight excluding hydrogens is 490 g/mol. The smallest absolute Gasteiger partial charge is 0.259 e.